The third kappa shape index (κ3) is 2.58. The molecule has 0 aromatic heterocycles. The molecule has 3 amide bonds. The number of carbonyl (C=O) groups is 4. The first-order chi connectivity index (χ1) is 10.9. The van der Waals surface area contributed by atoms with Gasteiger partial charge in [-0.3, -0.25) is 19.3 Å². The summed E-state index contributed by atoms with van der Waals surface area (Å²) in [6.45, 7) is 1.00. The number of hydrogen-bond donors (Lipinski definition) is 1. The van der Waals surface area contributed by atoms with E-state index in [4.69, 9.17) is 5.11 Å². The SMILES string of the molecule is CC(C(=O)O)N(C(=O)CN1C(=O)c2ccccc2C1=O)C1CC1. The maximum atomic E-state index is 12.5. The molecule has 0 saturated heterocycles. The maximum Gasteiger partial charge on any atom is 0.326 e. The maximum absolute atomic E-state index is 12.5. The number of amides is 3. The zero-order valence-electron chi connectivity index (χ0n) is 12.6. The Morgan fingerprint density at radius 1 is 1.22 bits per heavy atom. The molecular weight excluding hydrogens is 300 g/mol. The summed E-state index contributed by atoms with van der Waals surface area (Å²) in [4.78, 5) is 50.4. The van der Waals surface area contributed by atoms with E-state index in [0.29, 0.717) is 0 Å². The normalized spacial score (nSPS) is 17.9. The zero-order valence-corrected chi connectivity index (χ0v) is 12.6. The molecule has 1 saturated carbocycles. The third-order valence-electron chi connectivity index (χ3n) is 4.17. The minimum Gasteiger partial charge on any atom is -0.480 e. The van der Waals surface area contributed by atoms with E-state index in [2.05, 4.69) is 0 Å². The fourth-order valence-electron chi connectivity index (χ4n) is 2.81. The molecule has 120 valence electrons. The van der Waals surface area contributed by atoms with Gasteiger partial charge in [0.25, 0.3) is 11.8 Å². The van der Waals surface area contributed by atoms with Gasteiger partial charge in [0, 0.05) is 6.04 Å². The summed E-state index contributed by atoms with van der Waals surface area (Å²) >= 11 is 0. The van der Waals surface area contributed by atoms with Gasteiger partial charge in [0.2, 0.25) is 5.91 Å². The highest BCUT2D eigenvalue weighted by atomic mass is 16.4. The lowest BCUT2D eigenvalue weighted by molar-refractivity contribution is -0.150. The largest absolute Gasteiger partial charge is 0.480 e. The Bertz CT molecular complexity index is 675. The van der Waals surface area contributed by atoms with Crippen LogP contribution in [0, 0.1) is 0 Å². The van der Waals surface area contributed by atoms with Crippen LogP contribution in [-0.2, 0) is 9.59 Å². The number of rotatable bonds is 5. The molecule has 1 aromatic rings. The summed E-state index contributed by atoms with van der Waals surface area (Å²) in [7, 11) is 0. The molecule has 1 aliphatic carbocycles. The number of fused-ring (bicyclic) bond motifs is 1. The van der Waals surface area contributed by atoms with Gasteiger partial charge in [-0.05, 0) is 31.9 Å². The summed E-state index contributed by atoms with van der Waals surface area (Å²) in [6.07, 6.45) is 1.48. The average Bonchev–Trinajstić information content (AvgIpc) is 3.32. The van der Waals surface area contributed by atoms with Gasteiger partial charge < -0.3 is 10.0 Å². The first-order valence-electron chi connectivity index (χ1n) is 7.41. The van der Waals surface area contributed by atoms with Crippen molar-refractivity contribution in [1.82, 2.24) is 9.80 Å². The van der Waals surface area contributed by atoms with E-state index in [0.717, 1.165) is 17.7 Å². The van der Waals surface area contributed by atoms with Crippen LogP contribution in [0.15, 0.2) is 24.3 Å². The van der Waals surface area contributed by atoms with Gasteiger partial charge in [-0.25, -0.2) is 4.79 Å². The van der Waals surface area contributed by atoms with Crippen molar-refractivity contribution in [3.8, 4) is 0 Å². The Morgan fingerprint density at radius 3 is 2.17 bits per heavy atom. The first kappa shape index (κ1) is 15.2. The molecule has 7 heteroatoms. The number of carboxylic acids is 1. The third-order valence-corrected chi connectivity index (χ3v) is 4.17. The predicted octanol–water partition coefficient (Wildman–Crippen LogP) is 0.747. The molecule has 23 heavy (non-hydrogen) atoms. The topological polar surface area (TPSA) is 95.0 Å². The smallest absolute Gasteiger partial charge is 0.326 e. The van der Waals surface area contributed by atoms with Crippen molar-refractivity contribution in [2.75, 3.05) is 6.54 Å². The van der Waals surface area contributed by atoms with E-state index in [1.54, 1.807) is 24.3 Å². The zero-order chi connectivity index (χ0) is 16.7. The van der Waals surface area contributed by atoms with Crippen LogP contribution in [0.25, 0.3) is 0 Å². The van der Waals surface area contributed by atoms with E-state index >= 15 is 0 Å². The Morgan fingerprint density at radius 2 is 1.74 bits per heavy atom. The Balaban J connectivity index is 1.79. The molecule has 1 heterocycles. The van der Waals surface area contributed by atoms with Crippen LogP contribution in [0.5, 0.6) is 0 Å². The van der Waals surface area contributed by atoms with Crippen LogP contribution in [-0.4, -0.2) is 57.2 Å². The predicted molar refractivity (Wildman–Crippen MR) is 78.8 cm³/mol. The van der Waals surface area contributed by atoms with Crippen molar-refractivity contribution >= 4 is 23.7 Å². The van der Waals surface area contributed by atoms with E-state index in [1.807, 2.05) is 0 Å². The fraction of sp³-hybridized carbons (Fsp3) is 0.375. The number of nitrogens with zero attached hydrogens (tertiary/aromatic N) is 2. The van der Waals surface area contributed by atoms with E-state index in [-0.39, 0.29) is 17.2 Å². The second-order valence-corrected chi connectivity index (χ2v) is 5.79. The highest BCUT2D eigenvalue weighted by Gasteiger charge is 2.42. The molecule has 1 atom stereocenters. The molecule has 0 radical (unpaired) electrons. The van der Waals surface area contributed by atoms with Gasteiger partial charge in [-0.1, -0.05) is 12.1 Å². The molecule has 1 fully saturated rings. The summed E-state index contributed by atoms with van der Waals surface area (Å²) < 4.78 is 0. The summed E-state index contributed by atoms with van der Waals surface area (Å²) in [5.41, 5.74) is 0.545. The molecule has 1 N–H and O–H groups in total. The van der Waals surface area contributed by atoms with Crippen molar-refractivity contribution < 1.29 is 24.3 Å². The molecule has 1 aliphatic heterocycles. The number of benzene rings is 1. The van der Waals surface area contributed by atoms with E-state index in [9.17, 15) is 19.2 Å². The van der Waals surface area contributed by atoms with Crippen LogP contribution in [0.4, 0.5) is 0 Å². The molecule has 3 rings (SSSR count). The monoisotopic (exact) mass is 316 g/mol. The highest BCUT2D eigenvalue weighted by molar-refractivity contribution is 6.22. The van der Waals surface area contributed by atoms with Crippen molar-refractivity contribution in [1.29, 1.82) is 0 Å². The second kappa shape index (κ2) is 5.49. The minimum atomic E-state index is -1.10. The number of imide groups is 1. The van der Waals surface area contributed by atoms with Gasteiger partial charge in [-0.2, -0.15) is 0 Å². The van der Waals surface area contributed by atoms with E-state index in [1.165, 1.54) is 11.8 Å². The van der Waals surface area contributed by atoms with Crippen LogP contribution < -0.4 is 0 Å². The van der Waals surface area contributed by atoms with Gasteiger partial charge in [-0.15, -0.1) is 0 Å². The molecule has 7 nitrogen and oxygen atoms in total. The standard InChI is InChI=1S/C16H16N2O5/c1-9(16(22)23)18(10-6-7-10)13(19)8-17-14(20)11-4-2-3-5-12(11)15(17)21/h2-5,9-10H,6-8H2,1H3,(H,22,23). The lowest BCUT2D eigenvalue weighted by atomic mass is 10.1. The quantitative estimate of drug-likeness (QED) is 0.809. The summed E-state index contributed by atoms with van der Waals surface area (Å²) in [5.74, 6) is -2.65. The van der Waals surface area contributed by atoms with Crippen LogP contribution in [0.3, 0.4) is 0 Å². The van der Waals surface area contributed by atoms with Crippen molar-refractivity contribution in [2.24, 2.45) is 0 Å². The molecule has 1 aromatic carbocycles. The van der Waals surface area contributed by atoms with Crippen molar-refractivity contribution in [3.05, 3.63) is 35.4 Å². The number of carboxylic acid groups (broad SMARTS) is 1. The molecule has 0 bridgehead atoms. The lowest BCUT2D eigenvalue weighted by Crippen LogP contribution is -2.49. The van der Waals surface area contributed by atoms with Gasteiger partial charge in [0.1, 0.15) is 12.6 Å². The van der Waals surface area contributed by atoms with Gasteiger partial charge >= 0.3 is 5.97 Å². The van der Waals surface area contributed by atoms with Crippen molar-refractivity contribution in [3.63, 3.8) is 0 Å². The first-order valence-corrected chi connectivity index (χ1v) is 7.41. The number of aliphatic carboxylic acids is 1. The van der Waals surface area contributed by atoms with Gasteiger partial charge in [0.15, 0.2) is 0 Å². The van der Waals surface area contributed by atoms with Crippen LogP contribution in [0.1, 0.15) is 40.5 Å². The average molecular weight is 316 g/mol. The summed E-state index contributed by atoms with van der Waals surface area (Å²) in [5, 5.41) is 9.14. The molecule has 2 aliphatic rings. The second-order valence-electron chi connectivity index (χ2n) is 5.79. The van der Waals surface area contributed by atoms with Crippen LogP contribution in [0.2, 0.25) is 0 Å². The summed E-state index contributed by atoms with van der Waals surface area (Å²) in [6, 6.07) is 5.28. The molecule has 1 unspecified atom stereocenters. The van der Waals surface area contributed by atoms with Gasteiger partial charge in [0.05, 0.1) is 11.1 Å². The molecular formula is C16H16N2O5. The Labute approximate surface area is 132 Å². The Hall–Kier alpha value is -2.70. The lowest BCUT2D eigenvalue weighted by Gasteiger charge is -2.28. The fourth-order valence-corrected chi connectivity index (χ4v) is 2.81. The Kier molecular flexibility index (Phi) is 3.63. The molecule has 0 spiro atoms. The van der Waals surface area contributed by atoms with Crippen molar-refractivity contribution in [2.45, 2.75) is 31.8 Å². The van der Waals surface area contributed by atoms with Crippen LogP contribution >= 0.6 is 0 Å². The number of carbonyl (C=O) groups excluding carboxylic acids is 3. The number of hydrogen-bond acceptors (Lipinski definition) is 4. The van der Waals surface area contributed by atoms with E-state index < -0.39 is 36.3 Å². The minimum absolute atomic E-state index is 0.121. The highest BCUT2D eigenvalue weighted by Crippen LogP contribution is 2.30.